The average Bonchev–Trinajstić information content (AvgIpc) is 3.04. The number of aromatic nitrogens is 5. The number of nitrogens with one attached hydrogen (secondary N) is 1. The van der Waals surface area contributed by atoms with E-state index >= 15 is 0 Å². The van der Waals surface area contributed by atoms with Crippen LogP contribution in [0, 0.1) is 0 Å². The molecule has 4 heterocycles. The van der Waals surface area contributed by atoms with Crippen molar-refractivity contribution in [2.45, 2.75) is 0 Å². The third-order valence-corrected chi connectivity index (χ3v) is 3.29. The standard InChI is InChI=1S/C16H12N6/c1-2-12(9-17-5-1)14-8-15(20-11-19-14)21-13-3-4-16-18-6-7-22(16)10-13/h1-11H,(H,19,20,21). The second-order valence-electron chi connectivity index (χ2n) is 4.77. The van der Waals surface area contributed by atoms with Crippen LogP contribution in [-0.2, 0) is 0 Å². The maximum Gasteiger partial charge on any atom is 0.136 e. The Hall–Kier alpha value is -3.28. The van der Waals surface area contributed by atoms with Crippen LogP contribution in [0.2, 0.25) is 0 Å². The number of hydrogen-bond acceptors (Lipinski definition) is 5. The molecule has 0 bridgehead atoms. The van der Waals surface area contributed by atoms with E-state index in [-0.39, 0.29) is 0 Å². The fraction of sp³-hybridized carbons (Fsp3) is 0. The van der Waals surface area contributed by atoms with E-state index < -0.39 is 0 Å². The van der Waals surface area contributed by atoms with Gasteiger partial charge in [-0.2, -0.15) is 0 Å². The second kappa shape index (κ2) is 5.25. The molecule has 0 saturated carbocycles. The molecule has 4 rings (SSSR count). The molecule has 0 aromatic carbocycles. The van der Waals surface area contributed by atoms with Crippen molar-refractivity contribution in [2.24, 2.45) is 0 Å². The first kappa shape index (κ1) is 12.5. The van der Waals surface area contributed by atoms with E-state index in [2.05, 4.69) is 25.3 Å². The van der Waals surface area contributed by atoms with Crippen LogP contribution in [0.3, 0.4) is 0 Å². The minimum atomic E-state index is 0.730. The summed E-state index contributed by atoms with van der Waals surface area (Å²) in [6, 6.07) is 9.67. The molecule has 6 heteroatoms. The highest BCUT2D eigenvalue weighted by molar-refractivity contribution is 5.64. The van der Waals surface area contributed by atoms with E-state index in [0.717, 1.165) is 28.4 Å². The van der Waals surface area contributed by atoms with Gasteiger partial charge in [-0.05, 0) is 24.3 Å². The van der Waals surface area contributed by atoms with Crippen LogP contribution >= 0.6 is 0 Å². The Labute approximate surface area is 126 Å². The smallest absolute Gasteiger partial charge is 0.136 e. The van der Waals surface area contributed by atoms with E-state index in [4.69, 9.17) is 0 Å². The second-order valence-corrected chi connectivity index (χ2v) is 4.77. The van der Waals surface area contributed by atoms with E-state index in [9.17, 15) is 0 Å². The van der Waals surface area contributed by atoms with Crippen LogP contribution in [0.25, 0.3) is 16.9 Å². The van der Waals surface area contributed by atoms with Gasteiger partial charge in [-0.1, -0.05) is 0 Å². The van der Waals surface area contributed by atoms with E-state index in [1.54, 1.807) is 24.9 Å². The molecular formula is C16H12N6. The zero-order valence-corrected chi connectivity index (χ0v) is 11.6. The molecule has 0 atom stereocenters. The molecule has 0 aliphatic carbocycles. The lowest BCUT2D eigenvalue weighted by atomic mass is 10.2. The van der Waals surface area contributed by atoms with Gasteiger partial charge in [-0.25, -0.2) is 15.0 Å². The van der Waals surface area contributed by atoms with Gasteiger partial charge in [-0.3, -0.25) is 4.98 Å². The lowest BCUT2D eigenvalue weighted by molar-refractivity contribution is 1.15. The molecule has 22 heavy (non-hydrogen) atoms. The first-order chi connectivity index (χ1) is 10.9. The van der Waals surface area contributed by atoms with Crippen LogP contribution < -0.4 is 5.32 Å². The van der Waals surface area contributed by atoms with Gasteiger partial charge in [0.15, 0.2) is 0 Å². The van der Waals surface area contributed by atoms with Gasteiger partial charge in [0.2, 0.25) is 0 Å². The molecule has 4 aromatic heterocycles. The Morgan fingerprint density at radius 1 is 1.00 bits per heavy atom. The van der Waals surface area contributed by atoms with Crippen molar-refractivity contribution in [1.82, 2.24) is 24.3 Å². The Kier molecular flexibility index (Phi) is 2.97. The van der Waals surface area contributed by atoms with Crippen molar-refractivity contribution in [3.05, 3.63) is 67.6 Å². The minimum Gasteiger partial charge on any atom is -0.339 e. The number of fused-ring (bicyclic) bond motifs is 1. The maximum atomic E-state index is 4.29. The summed E-state index contributed by atoms with van der Waals surface area (Å²) >= 11 is 0. The van der Waals surface area contributed by atoms with Crippen LogP contribution in [0.15, 0.2) is 67.6 Å². The highest BCUT2D eigenvalue weighted by Crippen LogP contribution is 2.20. The van der Waals surface area contributed by atoms with Crippen molar-refractivity contribution in [3.63, 3.8) is 0 Å². The fourth-order valence-corrected chi connectivity index (χ4v) is 2.24. The van der Waals surface area contributed by atoms with Gasteiger partial charge in [-0.15, -0.1) is 0 Å². The number of pyridine rings is 2. The lowest BCUT2D eigenvalue weighted by Crippen LogP contribution is -1.97. The monoisotopic (exact) mass is 288 g/mol. The summed E-state index contributed by atoms with van der Waals surface area (Å²) in [4.78, 5) is 16.9. The predicted molar refractivity (Wildman–Crippen MR) is 83.7 cm³/mol. The Morgan fingerprint density at radius 2 is 2.00 bits per heavy atom. The van der Waals surface area contributed by atoms with Crippen molar-refractivity contribution < 1.29 is 0 Å². The van der Waals surface area contributed by atoms with Crippen molar-refractivity contribution >= 4 is 17.2 Å². The highest BCUT2D eigenvalue weighted by Gasteiger charge is 2.03. The minimum absolute atomic E-state index is 0.730. The Morgan fingerprint density at radius 3 is 2.91 bits per heavy atom. The van der Waals surface area contributed by atoms with Gasteiger partial charge in [0.05, 0.1) is 11.4 Å². The number of nitrogens with zero attached hydrogens (tertiary/aromatic N) is 5. The van der Waals surface area contributed by atoms with Gasteiger partial charge < -0.3 is 9.72 Å². The third kappa shape index (κ3) is 2.37. The van der Waals surface area contributed by atoms with E-state index in [1.165, 1.54) is 0 Å². The summed E-state index contributed by atoms with van der Waals surface area (Å²) in [7, 11) is 0. The average molecular weight is 288 g/mol. The summed E-state index contributed by atoms with van der Waals surface area (Å²) in [6.45, 7) is 0. The molecule has 4 aromatic rings. The summed E-state index contributed by atoms with van der Waals surface area (Å²) < 4.78 is 1.95. The Bertz CT molecular complexity index is 916. The van der Waals surface area contributed by atoms with Crippen molar-refractivity contribution in [2.75, 3.05) is 5.32 Å². The topological polar surface area (TPSA) is 68.0 Å². The van der Waals surface area contributed by atoms with E-state index in [1.807, 2.05) is 47.1 Å². The third-order valence-electron chi connectivity index (χ3n) is 3.29. The molecule has 106 valence electrons. The summed E-state index contributed by atoms with van der Waals surface area (Å²) in [5.74, 6) is 0.730. The van der Waals surface area contributed by atoms with E-state index in [0.29, 0.717) is 0 Å². The van der Waals surface area contributed by atoms with Crippen LogP contribution in [-0.4, -0.2) is 24.3 Å². The molecule has 0 amide bonds. The zero-order valence-electron chi connectivity index (χ0n) is 11.6. The SMILES string of the molecule is c1cncc(-c2cc(Nc3ccc4nccn4c3)ncn2)c1. The molecule has 0 aliphatic heterocycles. The highest BCUT2D eigenvalue weighted by atomic mass is 15.0. The van der Waals surface area contributed by atoms with Gasteiger partial charge in [0.25, 0.3) is 0 Å². The molecule has 1 N–H and O–H groups in total. The van der Waals surface area contributed by atoms with Crippen molar-refractivity contribution in [3.8, 4) is 11.3 Å². The van der Waals surface area contributed by atoms with Gasteiger partial charge in [0, 0.05) is 42.6 Å². The molecule has 6 nitrogen and oxygen atoms in total. The van der Waals surface area contributed by atoms with Gasteiger partial charge >= 0.3 is 0 Å². The normalized spacial score (nSPS) is 10.7. The predicted octanol–water partition coefficient (Wildman–Crippen LogP) is 2.93. The quantitative estimate of drug-likeness (QED) is 0.627. The molecule has 0 saturated heterocycles. The van der Waals surface area contributed by atoms with Crippen LogP contribution in [0.1, 0.15) is 0 Å². The number of imidazole rings is 1. The number of rotatable bonds is 3. The first-order valence-corrected chi connectivity index (χ1v) is 6.81. The lowest BCUT2D eigenvalue weighted by Gasteiger charge is -2.07. The largest absolute Gasteiger partial charge is 0.339 e. The number of anilines is 2. The Balaban J connectivity index is 1.65. The molecule has 0 aliphatic rings. The fourth-order valence-electron chi connectivity index (χ4n) is 2.24. The summed E-state index contributed by atoms with van der Waals surface area (Å²) in [5.41, 5.74) is 3.62. The maximum absolute atomic E-state index is 4.29. The van der Waals surface area contributed by atoms with Gasteiger partial charge in [0.1, 0.15) is 17.8 Å². The molecule has 0 unspecified atom stereocenters. The molecule has 0 fully saturated rings. The summed E-state index contributed by atoms with van der Waals surface area (Å²) in [5, 5.41) is 3.28. The summed E-state index contributed by atoms with van der Waals surface area (Å²) in [6.07, 6.45) is 10.7. The first-order valence-electron chi connectivity index (χ1n) is 6.81. The molecule has 0 spiro atoms. The van der Waals surface area contributed by atoms with Crippen molar-refractivity contribution in [1.29, 1.82) is 0 Å². The van der Waals surface area contributed by atoms with Crippen LogP contribution in [0.5, 0.6) is 0 Å². The molecule has 0 radical (unpaired) electrons. The number of hydrogen-bond donors (Lipinski definition) is 1. The molecular weight excluding hydrogens is 276 g/mol. The zero-order chi connectivity index (χ0) is 14.8. The van der Waals surface area contributed by atoms with Crippen LogP contribution in [0.4, 0.5) is 11.5 Å².